The number of benzene rings is 2. The van der Waals surface area contributed by atoms with E-state index in [1.165, 1.54) is 11.1 Å². The quantitative estimate of drug-likeness (QED) is 0.574. The van der Waals surface area contributed by atoms with Crippen LogP contribution in [0.25, 0.3) is 11.1 Å². The maximum atomic E-state index is 12.8. The second-order valence-electron chi connectivity index (χ2n) is 8.42. The zero-order valence-corrected chi connectivity index (χ0v) is 17.9. The number of carbonyl (C=O) groups excluding carboxylic acids is 1. The van der Waals surface area contributed by atoms with E-state index in [1.54, 1.807) is 11.3 Å². The average molecular weight is 434 g/mol. The van der Waals surface area contributed by atoms with Gasteiger partial charge in [0, 0.05) is 10.8 Å². The molecule has 2 N–H and O–H groups in total. The number of aryl methyl sites for hydroxylation is 1. The van der Waals surface area contributed by atoms with Crippen molar-refractivity contribution >= 4 is 23.4 Å². The summed E-state index contributed by atoms with van der Waals surface area (Å²) in [6.07, 6.45) is 0.250. The Kier molecular flexibility index (Phi) is 4.82. The lowest BCUT2D eigenvalue weighted by Crippen LogP contribution is -2.56. The smallest absolute Gasteiger partial charge is 0.407 e. The molecule has 0 spiro atoms. The summed E-state index contributed by atoms with van der Waals surface area (Å²) in [5.41, 5.74) is 4.97. The molecular formula is C25H23NO4S. The molecule has 0 unspecified atom stereocenters. The van der Waals surface area contributed by atoms with E-state index >= 15 is 0 Å². The van der Waals surface area contributed by atoms with E-state index in [0.29, 0.717) is 12.8 Å². The molecule has 1 heterocycles. The summed E-state index contributed by atoms with van der Waals surface area (Å²) in [6, 6.07) is 18.4. The predicted octanol–water partition coefficient (Wildman–Crippen LogP) is 5.29. The molecule has 1 saturated carbocycles. The Bertz CT molecular complexity index is 1120. The van der Waals surface area contributed by atoms with Crippen molar-refractivity contribution in [2.45, 2.75) is 31.2 Å². The van der Waals surface area contributed by atoms with Crippen LogP contribution >= 0.6 is 11.3 Å². The van der Waals surface area contributed by atoms with E-state index in [4.69, 9.17) is 4.74 Å². The van der Waals surface area contributed by atoms with E-state index in [-0.39, 0.29) is 12.5 Å². The minimum atomic E-state index is -0.822. The van der Waals surface area contributed by atoms with Crippen LogP contribution in [0, 0.1) is 12.8 Å². The highest BCUT2D eigenvalue weighted by Gasteiger charge is 2.50. The zero-order valence-electron chi connectivity index (χ0n) is 17.1. The van der Waals surface area contributed by atoms with Crippen LogP contribution in [0.3, 0.4) is 0 Å². The van der Waals surface area contributed by atoms with Crippen LogP contribution in [-0.4, -0.2) is 23.8 Å². The number of rotatable bonds is 5. The van der Waals surface area contributed by atoms with Crippen molar-refractivity contribution in [2.75, 3.05) is 6.61 Å². The molecule has 0 saturated heterocycles. The van der Waals surface area contributed by atoms with Crippen molar-refractivity contribution in [3.63, 3.8) is 0 Å². The minimum absolute atomic E-state index is 0.00866. The third-order valence-electron chi connectivity index (χ3n) is 6.51. The lowest BCUT2D eigenvalue weighted by molar-refractivity contribution is -0.148. The second kappa shape index (κ2) is 7.54. The van der Waals surface area contributed by atoms with Gasteiger partial charge in [0.25, 0.3) is 0 Å². The number of fused-ring (bicyclic) bond motifs is 3. The number of ether oxygens (including phenoxy) is 1. The number of carboxylic acid groups (broad SMARTS) is 1. The van der Waals surface area contributed by atoms with Gasteiger partial charge in [-0.15, -0.1) is 11.3 Å². The molecule has 0 atom stereocenters. The fourth-order valence-corrected chi connectivity index (χ4v) is 5.69. The highest BCUT2D eigenvalue weighted by molar-refractivity contribution is 7.10. The van der Waals surface area contributed by atoms with Gasteiger partial charge in [0.2, 0.25) is 0 Å². The van der Waals surface area contributed by atoms with Gasteiger partial charge in [-0.3, -0.25) is 4.79 Å². The number of hydrogen-bond acceptors (Lipinski definition) is 4. The number of carbonyl (C=O) groups is 2. The second-order valence-corrected chi connectivity index (χ2v) is 9.54. The lowest BCUT2D eigenvalue weighted by Gasteiger charge is -2.45. The van der Waals surface area contributed by atoms with Crippen LogP contribution in [-0.2, 0) is 15.1 Å². The maximum Gasteiger partial charge on any atom is 0.407 e. The molecule has 5 nitrogen and oxygen atoms in total. The predicted molar refractivity (Wildman–Crippen MR) is 119 cm³/mol. The molecule has 0 aliphatic heterocycles. The molecule has 0 bridgehead atoms. The van der Waals surface area contributed by atoms with Gasteiger partial charge >= 0.3 is 12.1 Å². The van der Waals surface area contributed by atoms with Crippen LogP contribution < -0.4 is 5.32 Å². The van der Waals surface area contributed by atoms with Crippen LogP contribution in [0.2, 0.25) is 0 Å². The van der Waals surface area contributed by atoms with Crippen LogP contribution in [0.15, 0.2) is 60.0 Å². The van der Waals surface area contributed by atoms with Crippen LogP contribution in [0.5, 0.6) is 0 Å². The summed E-state index contributed by atoms with van der Waals surface area (Å²) in [6.45, 7) is 2.24. The molecular weight excluding hydrogens is 410 g/mol. The number of amides is 1. The summed E-state index contributed by atoms with van der Waals surface area (Å²) in [5, 5.41) is 14.3. The Labute approximate surface area is 184 Å². The van der Waals surface area contributed by atoms with E-state index < -0.39 is 23.5 Å². The SMILES string of the molecule is Cc1cc(C2(NC(=O)OCC3c4ccccc4-c4ccccc43)CC(C(=O)O)C2)cs1. The first-order valence-corrected chi connectivity index (χ1v) is 11.3. The van der Waals surface area contributed by atoms with Crippen molar-refractivity contribution in [1.82, 2.24) is 5.32 Å². The van der Waals surface area contributed by atoms with Crippen molar-refractivity contribution in [1.29, 1.82) is 0 Å². The van der Waals surface area contributed by atoms with Gasteiger partial charge in [-0.05, 0) is 59.0 Å². The first-order valence-electron chi connectivity index (χ1n) is 10.4. The highest BCUT2D eigenvalue weighted by Crippen LogP contribution is 2.47. The summed E-state index contributed by atoms with van der Waals surface area (Å²) in [5.74, 6) is -1.28. The molecule has 0 radical (unpaired) electrons. The number of carboxylic acids is 1. The number of hydrogen-bond donors (Lipinski definition) is 2. The molecule has 2 aromatic carbocycles. The Hall–Kier alpha value is -3.12. The van der Waals surface area contributed by atoms with Crippen LogP contribution in [0.1, 0.15) is 40.3 Å². The molecule has 1 aromatic heterocycles. The minimum Gasteiger partial charge on any atom is -0.481 e. The van der Waals surface area contributed by atoms with E-state index in [2.05, 4.69) is 29.6 Å². The molecule has 31 heavy (non-hydrogen) atoms. The Morgan fingerprint density at radius 1 is 1.10 bits per heavy atom. The average Bonchev–Trinajstić information content (AvgIpc) is 3.30. The normalized spacial score (nSPS) is 21.6. The van der Waals surface area contributed by atoms with Gasteiger partial charge in [0.1, 0.15) is 6.61 Å². The Morgan fingerprint density at radius 3 is 2.26 bits per heavy atom. The van der Waals surface area contributed by atoms with Gasteiger partial charge in [0.05, 0.1) is 11.5 Å². The fourth-order valence-electron chi connectivity index (χ4n) is 4.89. The first-order chi connectivity index (χ1) is 15.0. The summed E-state index contributed by atoms with van der Waals surface area (Å²) >= 11 is 1.60. The van der Waals surface area contributed by atoms with Gasteiger partial charge in [-0.2, -0.15) is 0 Å². The molecule has 6 heteroatoms. The maximum absolute atomic E-state index is 12.8. The Balaban J connectivity index is 1.32. The lowest BCUT2D eigenvalue weighted by atomic mass is 9.65. The standard InChI is InChI=1S/C25H23NO4S/c1-15-10-17(14-31-15)25(11-16(12-25)23(27)28)26-24(29)30-13-22-20-8-4-2-6-18(20)19-7-3-5-9-21(19)22/h2-10,14,16,22H,11-13H2,1H3,(H,26,29)(H,27,28). The molecule has 2 aliphatic rings. The molecule has 2 aliphatic carbocycles. The monoisotopic (exact) mass is 433 g/mol. The number of thiophene rings is 1. The van der Waals surface area contributed by atoms with E-state index in [1.807, 2.05) is 42.6 Å². The first kappa shape index (κ1) is 19.8. The van der Waals surface area contributed by atoms with Crippen molar-refractivity contribution in [3.05, 3.63) is 81.5 Å². The molecule has 1 amide bonds. The van der Waals surface area contributed by atoms with Gasteiger partial charge < -0.3 is 15.2 Å². The fraction of sp³-hybridized carbons (Fsp3) is 0.280. The highest BCUT2D eigenvalue weighted by atomic mass is 32.1. The van der Waals surface area contributed by atoms with Gasteiger partial charge in [-0.1, -0.05) is 48.5 Å². The van der Waals surface area contributed by atoms with Crippen molar-refractivity contribution < 1.29 is 19.4 Å². The molecule has 1 fully saturated rings. The third-order valence-corrected chi connectivity index (χ3v) is 7.37. The number of alkyl carbamates (subject to hydrolysis) is 1. The summed E-state index contributed by atoms with van der Waals surface area (Å²) in [7, 11) is 0. The molecule has 3 aromatic rings. The molecule has 5 rings (SSSR count). The summed E-state index contributed by atoms with van der Waals surface area (Å²) in [4.78, 5) is 25.3. The van der Waals surface area contributed by atoms with Gasteiger partial charge in [-0.25, -0.2) is 4.79 Å². The van der Waals surface area contributed by atoms with Crippen molar-refractivity contribution in [2.24, 2.45) is 5.92 Å². The molecule has 158 valence electrons. The van der Waals surface area contributed by atoms with Crippen LogP contribution in [0.4, 0.5) is 4.79 Å². The Morgan fingerprint density at radius 2 is 1.71 bits per heavy atom. The zero-order chi connectivity index (χ0) is 21.6. The number of aliphatic carboxylic acids is 1. The van der Waals surface area contributed by atoms with E-state index in [0.717, 1.165) is 21.6 Å². The summed E-state index contributed by atoms with van der Waals surface area (Å²) < 4.78 is 5.70. The largest absolute Gasteiger partial charge is 0.481 e. The third kappa shape index (κ3) is 3.41. The van der Waals surface area contributed by atoms with E-state index in [9.17, 15) is 14.7 Å². The van der Waals surface area contributed by atoms with Crippen molar-refractivity contribution in [3.8, 4) is 11.1 Å². The van der Waals surface area contributed by atoms with Gasteiger partial charge in [0.15, 0.2) is 0 Å². The topological polar surface area (TPSA) is 75.6 Å². The number of nitrogens with one attached hydrogen (secondary N) is 1.